The van der Waals surface area contributed by atoms with Crippen LogP contribution in [0.25, 0.3) is 0 Å². The molecule has 0 radical (unpaired) electrons. The SMILES string of the molecule is CC(C)(Cc1ccccc1O)OC1(C)CCCCC1. The van der Waals surface area contributed by atoms with Gasteiger partial charge >= 0.3 is 0 Å². The lowest BCUT2D eigenvalue weighted by Crippen LogP contribution is -2.41. The van der Waals surface area contributed by atoms with Gasteiger partial charge in [0.2, 0.25) is 0 Å². The Morgan fingerprint density at radius 1 is 1.16 bits per heavy atom. The van der Waals surface area contributed by atoms with Crippen LogP contribution in [0.15, 0.2) is 24.3 Å². The zero-order chi connectivity index (χ0) is 13.9. The molecule has 106 valence electrons. The van der Waals surface area contributed by atoms with Crippen LogP contribution < -0.4 is 0 Å². The van der Waals surface area contributed by atoms with Gasteiger partial charge in [0.15, 0.2) is 0 Å². The minimum absolute atomic E-state index is 0.00610. The topological polar surface area (TPSA) is 29.5 Å². The van der Waals surface area contributed by atoms with Crippen LogP contribution in [0.3, 0.4) is 0 Å². The van der Waals surface area contributed by atoms with Gasteiger partial charge in [0, 0.05) is 6.42 Å². The summed E-state index contributed by atoms with van der Waals surface area (Å²) in [5.74, 6) is 0.368. The van der Waals surface area contributed by atoms with Gasteiger partial charge in [0.05, 0.1) is 11.2 Å². The number of phenols is 1. The van der Waals surface area contributed by atoms with E-state index in [1.807, 2.05) is 18.2 Å². The fourth-order valence-corrected chi connectivity index (χ4v) is 3.22. The number of ether oxygens (including phenoxy) is 1. The summed E-state index contributed by atoms with van der Waals surface area (Å²) in [6, 6.07) is 7.54. The van der Waals surface area contributed by atoms with Gasteiger partial charge in [-0.15, -0.1) is 0 Å². The highest BCUT2D eigenvalue weighted by molar-refractivity contribution is 5.32. The first-order chi connectivity index (χ1) is 8.90. The van der Waals surface area contributed by atoms with Crippen LogP contribution in [0.5, 0.6) is 5.75 Å². The Kier molecular flexibility index (Phi) is 4.19. The number of hydrogen-bond acceptors (Lipinski definition) is 2. The molecule has 0 spiro atoms. The van der Waals surface area contributed by atoms with Crippen LogP contribution in [0.1, 0.15) is 58.4 Å². The molecule has 2 rings (SSSR count). The Hall–Kier alpha value is -1.02. The second-order valence-electron chi connectivity index (χ2n) is 6.68. The van der Waals surface area contributed by atoms with Gasteiger partial charge in [0.1, 0.15) is 5.75 Å². The number of hydrogen-bond donors (Lipinski definition) is 1. The molecule has 19 heavy (non-hydrogen) atoms. The highest BCUT2D eigenvalue weighted by Crippen LogP contribution is 2.36. The summed E-state index contributed by atoms with van der Waals surface area (Å²) < 4.78 is 6.41. The average molecular weight is 262 g/mol. The van der Waals surface area contributed by atoms with Gasteiger partial charge in [-0.1, -0.05) is 37.5 Å². The number of rotatable bonds is 4. The largest absolute Gasteiger partial charge is 0.508 e. The van der Waals surface area contributed by atoms with Gasteiger partial charge in [-0.05, 0) is 45.2 Å². The van der Waals surface area contributed by atoms with E-state index in [0.717, 1.165) is 24.8 Å². The van der Waals surface area contributed by atoms with Crippen molar-refractivity contribution in [2.24, 2.45) is 0 Å². The fourth-order valence-electron chi connectivity index (χ4n) is 3.22. The van der Waals surface area contributed by atoms with E-state index in [0.29, 0.717) is 5.75 Å². The Morgan fingerprint density at radius 2 is 1.79 bits per heavy atom. The molecule has 1 aromatic carbocycles. The quantitative estimate of drug-likeness (QED) is 0.868. The first-order valence-electron chi connectivity index (χ1n) is 7.37. The number of aromatic hydroxyl groups is 1. The van der Waals surface area contributed by atoms with Gasteiger partial charge in [-0.2, -0.15) is 0 Å². The summed E-state index contributed by atoms with van der Waals surface area (Å²) in [5.41, 5.74) is 0.726. The van der Waals surface area contributed by atoms with Crippen molar-refractivity contribution in [1.82, 2.24) is 0 Å². The summed E-state index contributed by atoms with van der Waals surface area (Å²) in [6.07, 6.45) is 6.91. The standard InChI is InChI=1S/C17H26O2/c1-16(2,13-14-9-5-6-10-15(14)18)19-17(3)11-7-4-8-12-17/h5-6,9-10,18H,4,7-8,11-13H2,1-3H3. The van der Waals surface area contributed by atoms with E-state index in [1.165, 1.54) is 19.3 Å². The molecular weight excluding hydrogens is 236 g/mol. The molecule has 0 saturated heterocycles. The smallest absolute Gasteiger partial charge is 0.118 e. The molecule has 1 aromatic rings. The molecular formula is C17H26O2. The van der Waals surface area contributed by atoms with Crippen LogP contribution in [-0.2, 0) is 11.2 Å². The zero-order valence-electron chi connectivity index (χ0n) is 12.4. The number of para-hydroxylation sites is 1. The van der Waals surface area contributed by atoms with Crippen LogP contribution in [-0.4, -0.2) is 16.3 Å². The van der Waals surface area contributed by atoms with Crippen molar-refractivity contribution in [3.05, 3.63) is 29.8 Å². The van der Waals surface area contributed by atoms with Crippen LogP contribution in [0.4, 0.5) is 0 Å². The van der Waals surface area contributed by atoms with Gasteiger partial charge in [-0.25, -0.2) is 0 Å². The average Bonchev–Trinajstić information content (AvgIpc) is 2.31. The predicted octanol–water partition coefficient (Wildman–Crippen LogP) is 4.45. The number of phenolic OH excluding ortho intramolecular Hbond substituents is 1. The molecule has 1 N–H and O–H groups in total. The highest BCUT2D eigenvalue weighted by Gasteiger charge is 2.34. The first kappa shape index (κ1) is 14.4. The fraction of sp³-hybridized carbons (Fsp3) is 0.647. The molecule has 1 aliphatic rings. The summed E-state index contributed by atoms with van der Waals surface area (Å²) in [7, 11) is 0. The zero-order valence-corrected chi connectivity index (χ0v) is 12.4. The van der Waals surface area contributed by atoms with Crippen molar-refractivity contribution in [3.63, 3.8) is 0 Å². The van der Waals surface area contributed by atoms with Gasteiger partial charge < -0.3 is 9.84 Å². The van der Waals surface area contributed by atoms with Crippen molar-refractivity contribution >= 4 is 0 Å². The Bertz CT molecular complexity index is 417. The monoisotopic (exact) mass is 262 g/mol. The van der Waals surface area contributed by atoms with Crippen molar-refractivity contribution in [2.75, 3.05) is 0 Å². The normalized spacial score (nSPS) is 19.3. The maximum Gasteiger partial charge on any atom is 0.118 e. The third kappa shape index (κ3) is 3.97. The molecule has 2 nitrogen and oxygen atoms in total. The molecule has 0 aliphatic heterocycles. The summed E-state index contributed by atoms with van der Waals surface area (Å²) in [6.45, 7) is 6.48. The molecule has 1 aliphatic carbocycles. The maximum absolute atomic E-state index is 9.89. The van der Waals surface area contributed by atoms with Gasteiger partial charge in [-0.3, -0.25) is 0 Å². The van der Waals surface area contributed by atoms with E-state index in [1.54, 1.807) is 6.07 Å². The molecule has 0 amide bonds. The molecule has 0 aromatic heterocycles. The minimum atomic E-state index is -0.245. The molecule has 0 unspecified atom stereocenters. The molecule has 0 bridgehead atoms. The molecule has 0 heterocycles. The van der Waals surface area contributed by atoms with E-state index < -0.39 is 0 Å². The first-order valence-corrected chi connectivity index (χ1v) is 7.37. The minimum Gasteiger partial charge on any atom is -0.508 e. The van der Waals surface area contributed by atoms with E-state index in [4.69, 9.17) is 4.74 Å². The molecule has 1 saturated carbocycles. The van der Waals surface area contributed by atoms with Gasteiger partial charge in [0.25, 0.3) is 0 Å². The molecule has 1 fully saturated rings. The maximum atomic E-state index is 9.89. The Labute approximate surface area is 116 Å². The summed E-state index contributed by atoms with van der Waals surface area (Å²) in [5, 5.41) is 9.89. The lowest BCUT2D eigenvalue weighted by atomic mass is 9.85. The number of benzene rings is 1. The van der Waals surface area contributed by atoms with E-state index in [2.05, 4.69) is 20.8 Å². The third-order valence-electron chi connectivity index (χ3n) is 4.04. The van der Waals surface area contributed by atoms with Crippen molar-refractivity contribution in [2.45, 2.75) is 70.5 Å². The second-order valence-corrected chi connectivity index (χ2v) is 6.68. The Balaban J connectivity index is 2.04. The lowest BCUT2D eigenvalue weighted by Gasteiger charge is -2.41. The van der Waals surface area contributed by atoms with Crippen LogP contribution >= 0.6 is 0 Å². The van der Waals surface area contributed by atoms with E-state index in [-0.39, 0.29) is 11.2 Å². The van der Waals surface area contributed by atoms with Crippen LogP contribution in [0, 0.1) is 0 Å². The van der Waals surface area contributed by atoms with Crippen molar-refractivity contribution in [3.8, 4) is 5.75 Å². The van der Waals surface area contributed by atoms with E-state index in [9.17, 15) is 5.11 Å². The summed E-state index contributed by atoms with van der Waals surface area (Å²) >= 11 is 0. The van der Waals surface area contributed by atoms with E-state index >= 15 is 0 Å². The van der Waals surface area contributed by atoms with Crippen molar-refractivity contribution < 1.29 is 9.84 Å². The predicted molar refractivity (Wildman–Crippen MR) is 78.5 cm³/mol. The van der Waals surface area contributed by atoms with Crippen molar-refractivity contribution in [1.29, 1.82) is 0 Å². The second kappa shape index (κ2) is 5.54. The van der Waals surface area contributed by atoms with Crippen LogP contribution in [0.2, 0.25) is 0 Å². The molecule has 0 atom stereocenters. The Morgan fingerprint density at radius 3 is 2.42 bits per heavy atom. The highest BCUT2D eigenvalue weighted by atomic mass is 16.5. The molecule has 2 heteroatoms. The third-order valence-corrected chi connectivity index (χ3v) is 4.04. The summed E-state index contributed by atoms with van der Waals surface area (Å²) in [4.78, 5) is 0. The lowest BCUT2D eigenvalue weighted by molar-refractivity contribution is -0.146.